The van der Waals surface area contributed by atoms with Gasteiger partial charge in [-0.3, -0.25) is 9.79 Å². The highest BCUT2D eigenvalue weighted by molar-refractivity contribution is 14.0. The summed E-state index contributed by atoms with van der Waals surface area (Å²) in [5.74, 6) is 1.38. The van der Waals surface area contributed by atoms with Crippen molar-refractivity contribution in [3.05, 3.63) is 35.9 Å². The molecule has 7 nitrogen and oxygen atoms in total. The molecule has 0 aliphatic carbocycles. The number of carbonyl (C=O) groups excluding carboxylic acids is 1. The van der Waals surface area contributed by atoms with E-state index in [2.05, 4.69) is 46.0 Å². The van der Waals surface area contributed by atoms with Crippen LogP contribution in [0, 0.1) is 11.3 Å². The minimum atomic E-state index is -0.0585. The molecule has 8 heteroatoms. The molecule has 1 aromatic rings. The number of ether oxygens (including phenoxy) is 1. The van der Waals surface area contributed by atoms with E-state index in [1.165, 1.54) is 5.56 Å². The van der Waals surface area contributed by atoms with Gasteiger partial charge in [0.05, 0.1) is 13.2 Å². The zero-order valence-corrected chi connectivity index (χ0v) is 20.8. The van der Waals surface area contributed by atoms with E-state index in [1.54, 1.807) is 7.05 Å². The normalized spacial score (nSPS) is 22.1. The number of hydrogen-bond acceptors (Lipinski definition) is 4. The minimum absolute atomic E-state index is 0. The summed E-state index contributed by atoms with van der Waals surface area (Å²) >= 11 is 0. The molecule has 2 aliphatic heterocycles. The number of rotatable bonds is 8. The van der Waals surface area contributed by atoms with Gasteiger partial charge in [-0.05, 0) is 43.6 Å². The summed E-state index contributed by atoms with van der Waals surface area (Å²) in [6.45, 7) is 4.08. The minimum Gasteiger partial charge on any atom is -0.396 e. The average molecular weight is 544 g/mol. The van der Waals surface area contributed by atoms with Gasteiger partial charge in [-0.25, -0.2) is 0 Å². The highest BCUT2D eigenvalue weighted by atomic mass is 127. The molecule has 0 aromatic heterocycles. The molecule has 0 radical (unpaired) electrons. The molecule has 1 atom stereocenters. The Kier molecular flexibility index (Phi) is 11.0. The fraction of sp³-hybridized carbons (Fsp3) is 0.652. The Labute approximate surface area is 203 Å². The van der Waals surface area contributed by atoms with Crippen molar-refractivity contribution < 1.29 is 14.6 Å². The van der Waals surface area contributed by atoms with Crippen LogP contribution in [-0.2, 0) is 16.0 Å². The summed E-state index contributed by atoms with van der Waals surface area (Å²) in [6.07, 6.45) is 4.83. The maximum atomic E-state index is 12.6. The predicted octanol–water partition coefficient (Wildman–Crippen LogP) is 2.04. The summed E-state index contributed by atoms with van der Waals surface area (Å²) in [6, 6.07) is 10.6. The van der Waals surface area contributed by atoms with Crippen LogP contribution in [0.4, 0.5) is 0 Å². The van der Waals surface area contributed by atoms with Gasteiger partial charge in [0.15, 0.2) is 5.96 Å². The number of nitrogens with zero attached hydrogens (tertiary/aromatic N) is 2. The van der Waals surface area contributed by atoms with Gasteiger partial charge in [-0.2, -0.15) is 0 Å². The standard InChI is InChI=1S/C23H36N4O3.HI/c1-24-22(26-17-23(9-13-28)10-14-30-18-23)25-16-21(29)27-11-7-20(8-12-27)15-19-5-3-2-4-6-19;/h2-6,20,28H,7-18H2,1H3,(H2,24,25,26);1H. The van der Waals surface area contributed by atoms with Crippen molar-refractivity contribution in [1.82, 2.24) is 15.5 Å². The first-order chi connectivity index (χ1) is 14.6. The van der Waals surface area contributed by atoms with Crippen molar-refractivity contribution in [1.29, 1.82) is 0 Å². The quantitative estimate of drug-likeness (QED) is 0.265. The van der Waals surface area contributed by atoms with Crippen LogP contribution in [0.5, 0.6) is 0 Å². The first kappa shape index (κ1) is 25.9. The number of benzene rings is 1. The summed E-state index contributed by atoms with van der Waals surface area (Å²) in [7, 11) is 1.71. The van der Waals surface area contributed by atoms with Gasteiger partial charge in [0.2, 0.25) is 5.91 Å². The molecule has 0 bridgehead atoms. The molecule has 2 aliphatic rings. The lowest BCUT2D eigenvalue weighted by Gasteiger charge is -2.32. The van der Waals surface area contributed by atoms with Crippen LogP contribution >= 0.6 is 24.0 Å². The fourth-order valence-electron chi connectivity index (χ4n) is 4.41. The number of aliphatic hydroxyl groups is 1. The largest absolute Gasteiger partial charge is 0.396 e. The van der Waals surface area contributed by atoms with Gasteiger partial charge in [0.25, 0.3) is 0 Å². The highest BCUT2D eigenvalue weighted by Gasteiger charge is 2.34. The number of carbonyl (C=O) groups is 1. The molecule has 31 heavy (non-hydrogen) atoms. The van der Waals surface area contributed by atoms with E-state index in [4.69, 9.17) is 4.74 Å². The molecule has 2 heterocycles. The molecule has 174 valence electrons. The second-order valence-electron chi connectivity index (χ2n) is 8.57. The maximum absolute atomic E-state index is 12.6. The van der Waals surface area contributed by atoms with E-state index in [-0.39, 0.29) is 48.5 Å². The Morgan fingerprint density at radius 2 is 2.00 bits per heavy atom. The number of likely N-dealkylation sites (tertiary alicyclic amines) is 1. The summed E-state index contributed by atoms with van der Waals surface area (Å²) in [4.78, 5) is 18.8. The summed E-state index contributed by atoms with van der Waals surface area (Å²) in [5, 5.41) is 15.8. The Balaban J connectivity index is 0.00000341. The molecular formula is C23H37IN4O3. The zero-order chi connectivity index (χ0) is 21.2. The van der Waals surface area contributed by atoms with Crippen LogP contribution in [0.1, 0.15) is 31.2 Å². The SMILES string of the molecule is CN=C(NCC(=O)N1CCC(Cc2ccccc2)CC1)NCC1(CCO)CCOC1.I. The lowest BCUT2D eigenvalue weighted by Crippen LogP contribution is -2.49. The molecule has 3 rings (SSSR count). The van der Waals surface area contributed by atoms with Crippen LogP contribution in [0.25, 0.3) is 0 Å². The Morgan fingerprint density at radius 3 is 2.61 bits per heavy atom. The van der Waals surface area contributed by atoms with E-state index in [0.29, 0.717) is 31.4 Å². The van der Waals surface area contributed by atoms with Gasteiger partial charge < -0.3 is 25.4 Å². The van der Waals surface area contributed by atoms with Crippen molar-refractivity contribution in [3.63, 3.8) is 0 Å². The maximum Gasteiger partial charge on any atom is 0.241 e. The third-order valence-corrected chi connectivity index (χ3v) is 6.42. The number of halogens is 1. The van der Waals surface area contributed by atoms with Crippen molar-refractivity contribution in [2.75, 3.05) is 53.0 Å². The van der Waals surface area contributed by atoms with Gasteiger partial charge in [-0.1, -0.05) is 30.3 Å². The van der Waals surface area contributed by atoms with Crippen molar-refractivity contribution in [2.45, 2.75) is 32.1 Å². The summed E-state index contributed by atoms with van der Waals surface area (Å²) < 4.78 is 5.53. The fourth-order valence-corrected chi connectivity index (χ4v) is 4.41. The Bertz CT molecular complexity index is 687. The first-order valence-corrected chi connectivity index (χ1v) is 11.1. The number of aliphatic imine (C=N–C) groups is 1. The molecule has 2 saturated heterocycles. The monoisotopic (exact) mass is 544 g/mol. The molecule has 1 aromatic carbocycles. The van der Waals surface area contributed by atoms with Gasteiger partial charge in [0.1, 0.15) is 0 Å². The number of nitrogens with one attached hydrogen (secondary N) is 2. The molecule has 0 spiro atoms. The number of guanidine groups is 1. The number of hydrogen-bond donors (Lipinski definition) is 3. The number of piperidine rings is 1. The lowest BCUT2D eigenvalue weighted by atomic mass is 9.84. The Hall–Kier alpha value is -1.39. The van der Waals surface area contributed by atoms with Crippen molar-refractivity contribution in [3.8, 4) is 0 Å². The van der Waals surface area contributed by atoms with Gasteiger partial charge in [-0.15, -0.1) is 24.0 Å². The molecular weight excluding hydrogens is 507 g/mol. The number of amides is 1. The zero-order valence-electron chi connectivity index (χ0n) is 18.5. The van der Waals surface area contributed by atoms with E-state index in [9.17, 15) is 9.90 Å². The molecule has 1 unspecified atom stereocenters. The molecule has 2 fully saturated rings. The van der Waals surface area contributed by atoms with E-state index in [1.807, 2.05) is 4.90 Å². The van der Waals surface area contributed by atoms with Crippen LogP contribution in [-0.4, -0.2) is 74.9 Å². The highest BCUT2D eigenvalue weighted by Crippen LogP contribution is 2.31. The smallest absolute Gasteiger partial charge is 0.241 e. The average Bonchev–Trinajstić information content (AvgIpc) is 3.24. The molecule has 1 amide bonds. The lowest BCUT2D eigenvalue weighted by molar-refractivity contribution is -0.131. The van der Waals surface area contributed by atoms with Gasteiger partial charge >= 0.3 is 0 Å². The van der Waals surface area contributed by atoms with Gasteiger partial charge in [0, 0.05) is 45.3 Å². The van der Waals surface area contributed by atoms with E-state index < -0.39 is 0 Å². The predicted molar refractivity (Wildman–Crippen MR) is 134 cm³/mol. The molecule has 3 N–H and O–H groups in total. The van der Waals surface area contributed by atoms with Crippen molar-refractivity contribution in [2.24, 2.45) is 16.3 Å². The van der Waals surface area contributed by atoms with Crippen LogP contribution in [0.15, 0.2) is 35.3 Å². The third-order valence-electron chi connectivity index (χ3n) is 6.42. The third kappa shape index (κ3) is 7.91. The van der Waals surface area contributed by atoms with Crippen LogP contribution in [0.2, 0.25) is 0 Å². The van der Waals surface area contributed by atoms with Crippen molar-refractivity contribution >= 4 is 35.8 Å². The Morgan fingerprint density at radius 1 is 1.26 bits per heavy atom. The van der Waals surface area contributed by atoms with E-state index >= 15 is 0 Å². The van der Waals surface area contributed by atoms with Crippen LogP contribution in [0.3, 0.4) is 0 Å². The second kappa shape index (κ2) is 13.2. The second-order valence-corrected chi connectivity index (χ2v) is 8.57. The summed E-state index contributed by atoms with van der Waals surface area (Å²) in [5.41, 5.74) is 1.32. The first-order valence-electron chi connectivity index (χ1n) is 11.1. The van der Waals surface area contributed by atoms with Crippen LogP contribution < -0.4 is 10.6 Å². The van der Waals surface area contributed by atoms with E-state index in [0.717, 1.165) is 45.4 Å². The molecule has 0 saturated carbocycles. The number of aliphatic hydroxyl groups excluding tert-OH is 1. The topological polar surface area (TPSA) is 86.2 Å².